The Morgan fingerprint density at radius 2 is 1.67 bits per heavy atom. The van der Waals surface area contributed by atoms with Crippen LogP contribution in [0.2, 0.25) is 0 Å². The second-order valence-electron chi connectivity index (χ2n) is 4.68. The summed E-state index contributed by atoms with van der Waals surface area (Å²) in [6.45, 7) is -1.74. The molecule has 2 fully saturated rings. The summed E-state index contributed by atoms with van der Waals surface area (Å²) < 4.78 is 75.5. The number of hydrogen-bond acceptors (Lipinski definition) is 5. The second-order valence-corrected chi connectivity index (χ2v) is 8.75. The van der Waals surface area contributed by atoms with E-state index in [1.807, 2.05) is 0 Å². The van der Waals surface area contributed by atoms with Crippen molar-refractivity contribution in [3.8, 4) is 0 Å². The molecule has 0 amide bonds. The maximum atomic E-state index is 12.7. The lowest BCUT2D eigenvalue weighted by molar-refractivity contribution is -0.0948. The van der Waals surface area contributed by atoms with Gasteiger partial charge in [-0.2, -0.15) is 12.7 Å². The first kappa shape index (κ1) is 14.1. The molecule has 1 aliphatic carbocycles. The third-order valence-electron chi connectivity index (χ3n) is 3.20. The second kappa shape index (κ2) is 3.84. The van der Waals surface area contributed by atoms with Crippen molar-refractivity contribution in [1.82, 2.24) is 4.31 Å². The highest BCUT2D eigenvalue weighted by molar-refractivity contribution is 7.93. The zero-order valence-corrected chi connectivity index (χ0v) is 11.2. The van der Waals surface area contributed by atoms with Crippen molar-refractivity contribution >= 4 is 20.1 Å². The Hall–Kier alpha value is -0.320. The fraction of sp³-hybridized carbons (Fsp3) is 1.00. The van der Waals surface area contributed by atoms with Gasteiger partial charge in [0.1, 0.15) is 4.75 Å². The minimum absolute atomic E-state index is 0.153. The Morgan fingerprint density at radius 3 is 2.00 bits per heavy atom. The Labute approximate surface area is 104 Å². The van der Waals surface area contributed by atoms with Crippen molar-refractivity contribution in [2.75, 3.05) is 26.0 Å². The van der Waals surface area contributed by atoms with Crippen molar-refractivity contribution in [2.24, 2.45) is 0 Å². The Bertz CT molecular complexity index is 544. The van der Waals surface area contributed by atoms with E-state index in [9.17, 15) is 25.6 Å². The van der Waals surface area contributed by atoms with Gasteiger partial charge in [-0.1, -0.05) is 0 Å². The fourth-order valence-electron chi connectivity index (χ4n) is 1.91. The van der Waals surface area contributed by atoms with Gasteiger partial charge in [0.25, 0.3) is 16.0 Å². The lowest BCUT2D eigenvalue weighted by Crippen LogP contribution is -2.61. The lowest BCUT2D eigenvalue weighted by atomic mass is 10.2. The molecule has 0 atom stereocenters. The van der Waals surface area contributed by atoms with Crippen molar-refractivity contribution < 1.29 is 29.8 Å². The molecule has 0 bridgehead atoms. The monoisotopic (exact) mass is 305 g/mol. The molecular weight excluding hydrogens is 292 g/mol. The van der Waals surface area contributed by atoms with E-state index in [1.54, 1.807) is 0 Å². The topological polar surface area (TPSA) is 80.8 Å². The normalized spacial score (nSPS) is 26.6. The van der Waals surface area contributed by atoms with E-state index in [1.165, 1.54) is 0 Å². The van der Waals surface area contributed by atoms with Crippen LogP contribution in [0, 0.1) is 0 Å². The maximum absolute atomic E-state index is 12.7. The highest BCUT2D eigenvalue weighted by Gasteiger charge is 2.63. The summed E-state index contributed by atoms with van der Waals surface area (Å²) in [7, 11) is -7.01. The molecule has 0 N–H and O–H groups in total. The molecule has 0 radical (unpaired) electrons. The van der Waals surface area contributed by atoms with Crippen molar-refractivity contribution in [2.45, 2.75) is 23.5 Å². The first-order valence-corrected chi connectivity index (χ1v) is 8.21. The summed E-state index contributed by atoms with van der Waals surface area (Å²) in [6, 6.07) is 0. The summed E-state index contributed by atoms with van der Waals surface area (Å²) in [6.07, 6.45) is 0.306. The van der Waals surface area contributed by atoms with Crippen molar-refractivity contribution in [3.63, 3.8) is 0 Å². The van der Waals surface area contributed by atoms with Crippen LogP contribution < -0.4 is 0 Å². The molecule has 1 heterocycles. The number of sulfonamides is 1. The average molecular weight is 305 g/mol. The van der Waals surface area contributed by atoms with E-state index in [2.05, 4.69) is 4.18 Å². The standard InChI is InChI=1S/C8H13F2NO5S2/c1-16-17(12,13)6-7(2-3-7)18(14,15)11-4-8(9,10)5-11/h2-6H2,1H3. The molecule has 0 aromatic carbocycles. The van der Waals surface area contributed by atoms with E-state index in [0.29, 0.717) is 4.31 Å². The van der Waals surface area contributed by atoms with E-state index in [0.717, 1.165) is 7.11 Å². The predicted octanol–water partition coefficient (Wildman–Crippen LogP) is -0.224. The van der Waals surface area contributed by atoms with E-state index >= 15 is 0 Å². The molecule has 0 aromatic rings. The summed E-state index contributed by atoms with van der Waals surface area (Å²) in [4.78, 5) is 0. The highest BCUT2D eigenvalue weighted by atomic mass is 32.2. The summed E-state index contributed by atoms with van der Waals surface area (Å²) in [5.41, 5.74) is 0. The molecular formula is C8H13F2NO5S2. The summed E-state index contributed by atoms with van der Waals surface area (Å²) in [5.74, 6) is -3.69. The molecule has 1 saturated heterocycles. The molecule has 2 rings (SSSR count). The van der Waals surface area contributed by atoms with Crippen molar-refractivity contribution in [3.05, 3.63) is 0 Å². The van der Waals surface area contributed by atoms with E-state index < -0.39 is 49.7 Å². The summed E-state index contributed by atoms with van der Waals surface area (Å²) >= 11 is 0. The van der Waals surface area contributed by atoms with Crippen molar-refractivity contribution in [1.29, 1.82) is 0 Å². The quantitative estimate of drug-likeness (QED) is 0.656. The van der Waals surface area contributed by atoms with Gasteiger partial charge in [-0.15, -0.1) is 0 Å². The molecule has 10 heteroatoms. The molecule has 6 nitrogen and oxygen atoms in total. The number of halogens is 2. The van der Waals surface area contributed by atoms with Gasteiger partial charge in [0.05, 0.1) is 26.0 Å². The van der Waals surface area contributed by atoms with Gasteiger partial charge in [-0.25, -0.2) is 17.2 Å². The van der Waals surface area contributed by atoms with Crippen LogP contribution in [0.15, 0.2) is 0 Å². The molecule has 106 valence electrons. The largest absolute Gasteiger partial charge is 0.275 e. The van der Waals surface area contributed by atoms with Gasteiger partial charge in [0.2, 0.25) is 10.0 Å². The smallest absolute Gasteiger partial charge is 0.273 e. The van der Waals surface area contributed by atoms with Crippen LogP contribution in [-0.4, -0.2) is 57.8 Å². The zero-order valence-electron chi connectivity index (χ0n) is 9.60. The number of hydrogen-bond donors (Lipinski definition) is 0. The fourth-order valence-corrected chi connectivity index (χ4v) is 5.87. The predicted molar refractivity (Wildman–Crippen MR) is 58.2 cm³/mol. The van der Waals surface area contributed by atoms with E-state index in [-0.39, 0.29) is 12.8 Å². The highest BCUT2D eigenvalue weighted by Crippen LogP contribution is 2.48. The van der Waals surface area contributed by atoms with Crippen LogP contribution in [-0.2, 0) is 24.3 Å². The van der Waals surface area contributed by atoms with Gasteiger partial charge in [0.15, 0.2) is 0 Å². The Morgan fingerprint density at radius 1 is 1.17 bits per heavy atom. The zero-order chi connectivity index (χ0) is 13.8. The Balaban J connectivity index is 2.16. The minimum Gasteiger partial charge on any atom is -0.273 e. The first-order chi connectivity index (χ1) is 8.04. The molecule has 0 spiro atoms. The van der Waals surface area contributed by atoms with Crippen LogP contribution in [0.3, 0.4) is 0 Å². The number of alkyl halides is 2. The van der Waals surface area contributed by atoms with Gasteiger partial charge in [0, 0.05) is 0 Å². The third-order valence-corrected chi connectivity index (χ3v) is 7.39. The van der Waals surface area contributed by atoms with Gasteiger partial charge >= 0.3 is 0 Å². The molecule has 2 aliphatic rings. The average Bonchev–Trinajstić information content (AvgIpc) is 2.95. The first-order valence-electron chi connectivity index (χ1n) is 5.20. The Kier molecular flexibility index (Phi) is 3.01. The van der Waals surface area contributed by atoms with Gasteiger partial charge in [-0.3, -0.25) is 4.18 Å². The molecule has 1 aliphatic heterocycles. The molecule has 18 heavy (non-hydrogen) atoms. The molecule has 0 unspecified atom stereocenters. The summed E-state index contributed by atoms with van der Waals surface area (Å²) in [5, 5.41) is 0. The van der Waals surface area contributed by atoms with Crippen LogP contribution >= 0.6 is 0 Å². The lowest BCUT2D eigenvalue weighted by Gasteiger charge is -2.39. The minimum atomic E-state index is -4.01. The third kappa shape index (κ3) is 2.26. The number of rotatable bonds is 5. The van der Waals surface area contributed by atoms with Crippen LogP contribution in [0.1, 0.15) is 12.8 Å². The SMILES string of the molecule is COS(=O)(=O)CC1(S(=O)(=O)N2CC(F)(F)C2)CC1. The number of nitrogens with zero attached hydrogens (tertiary/aromatic N) is 1. The van der Waals surface area contributed by atoms with Crippen LogP contribution in [0.4, 0.5) is 8.78 Å². The van der Waals surface area contributed by atoms with Crippen LogP contribution in [0.25, 0.3) is 0 Å². The molecule has 0 aromatic heterocycles. The maximum Gasteiger partial charge on any atom is 0.275 e. The van der Waals surface area contributed by atoms with Crippen LogP contribution in [0.5, 0.6) is 0 Å². The van der Waals surface area contributed by atoms with Gasteiger partial charge < -0.3 is 0 Å². The van der Waals surface area contributed by atoms with E-state index in [4.69, 9.17) is 0 Å². The molecule has 1 saturated carbocycles. The van der Waals surface area contributed by atoms with Gasteiger partial charge in [-0.05, 0) is 12.8 Å².